The number of amides is 1. The predicted molar refractivity (Wildman–Crippen MR) is 89.9 cm³/mol. The van der Waals surface area contributed by atoms with Gasteiger partial charge in [-0.25, -0.2) is 0 Å². The smallest absolute Gasteiger partial charge is 0.251 e. The molecule has 0 bridgehead atoms. The van der Waals surface area contributed by atoms with Crippen LogP contribution in [0.15, 0.2) is 18.2 Å². The van der Waals surface area contributed by atoms with Gasteiger partial charge in [-0.15, -0.1) is 0 Å². The number of likely N-dealkylation sites (tertiary alicyclic amines) is 1. The minimum Gasteiger partial charge on any atom is -0.492 e. The molecular weight excluding hydrogens is 300 g/mol. The number of nitrogens with zero attached hydrogens (tertiary/aromatic N) is 1. The van der Waals surface area contributed by atoms with Crippen LogP contribution in [0.3, 0.4) is 0 Å². The Morgan fingerprint density at radius 1 is 1.32 bits per heavy atom. The lowest BCUT2D eigenvalue weighted by molar-refractivity contribution is 0.0951. The molecule has 5 heteroatoms. The third kappa shape index (κ3) is 5.18. The summed E-state index contributed by atoms with van der Waals surface area (Å²) in [5.41, 5.74) is 0.575. The van der Waals surface area contributed by atoms with E-state index in [0.717, 1.165) is 13.0 Å². The molecule has 122 valence electrons. The first kappa shape index (κ1) is 17.1. The van der Waals surface area contributed by atoms with Gasteiger partial charge in [0.1, 0.15) is 5.75 Å². The van der Waals surface area contributed by atoms with Crippen LogP contribution in [-0.4, -0.2) is 43.6 Å². The lowest BCUT2D eigenvalue weighted by atomic mass is 10.1. The molecule has 0 saturated carbocycles. The molecule has 0 atom stereocenters. The fraction of sp³-hybridized carbons (Fsp3) is 0.588. The van der Waals surface area contributed by atoms with E-state index in [1.54, 1.807) is 18.2 Å². The molecule has 2 rings (SSSR count). The molecule has 1 aromatic carbocycles. The van der Waals surface area contributed by atoms with Crippen LogP contribution < -0.4 is 10.1 Å². The van der Waals surface area contributed by atoms with Gasteiger partial charge in [-0.3, -0.25) is 4.79 Å². The molecule has 1 aliphatic rings. The second kappa shape index (κ2) is 9.01. The highest BCUT2D eigenvalue weighted by Crippen LogP contribution is 2.25. The molecule has 1 fully saturated rings. The van der Waals surface area contributed by atoms with Crippen molar-refractivity contribution in [3.63, 3.8) is 0 Å². The first-order chi connectivity index (χ1) is 10.7. The van der Waals surface area contributed by atoms with Crippen molar-refractivity contribution < 1.29 is 9.53 Å². The van der Waals surface area contributed by atoms with Crippen LogP contribution >= 0.6 is 11.6 Å². The van der Waals surface area contributed by atoms with Crippen LogP contribution in [0.2, 0.25) is 5.02 Å². The average molecular weight is 325 g/mol. The Balaban J connectivity index is 1.73. The summed E-state index contributed by atoms with van der Waals surface area (Å²) >= 11 is 6.10. The van der Waals surface area contributed by atoms with Gasteiger partial charge >= 0.3 is 0 Å². The van der Waals surface area contributed by atoms with E-state index in [-0.39, 0.29) is 5.91 Å². The maximum Gasteiger partial charge on any atom is 0.251 e. The van der Waals surface area contributed by atoms with E-state index in [1.165, 1.54) is 32.4 Å². The molecule has 0 aromatic heterocycles. The van der Waals surface area contributed by atoms with E-state index in [1.807, 2.05) is 6.92 Å². The SMILES string of the molecule is CCOc1ccc(C(=O)NCCCN2CCCCC2)cc1Cl. The topological polar surface area (TPSA) is 41.6 Å². The fourth-order valence-corrected chi connectivity index (χ4v) is 2.94. The Bertz CT molecular complexity index is 488. The molecular formula is C17H25ClN2O2. The van der Waals surface area contributed by atoms with Gasteiger partial charge in [-0.05, 0) is 64.0 Å². The minimum atomic E-state index is -0.0800. The second-order valence-corrected chi connectivity index (χ2v) is 6.00. The Kier molecular flexibility index (Phi) is 7.00. The van der Waals surface area contributed by atoms with Gasteiger partial charge in [0.15, 0.2) is 0 Å². The Morgan fingerprint density at radius 2 is 2.09 bits per heavy atom. The van der Waals surface area contributed by atoms with Crippen LogP contribution in [0.4, 0.5) is 0 Å². The second-order valence-electron chi connectivity index (χ2n) is 5.59. The zero-order valence-electron chi connectivity index (χ0n) is 13.2. The standard InChI is InChI=1S/C17H25ClN2O2/c1-2-22-16-8-7-14(13-15(16)18)17(21)19-9-6-12-20-10-4-3-5-11-20/h7-8,13H,2-6,9-12H2,1H3,(H,19,21). The van der Waals surface area contributed by atoms with E-state index in [9.17, 15) is 4.79 Å². The number of hydrogen-bond donors (Lipinski definition) is 1. The molecule has 1 N–H and O–H groups in total. The van der Waals surface area contributed by atoms with Crippen LogP contribution in [0, 0.1) is 0 Å². The summed E-state index contributed by atoms with van der Waals surface area (Å²) in [4.78, 5) is 14.6. The van der Waals surface area contributed by atoms with Gasteiger partial charge in [-0.2, -0.15) is 0 Å². The van der Waals surface area contributed by atoms with E-state index in [2.05, 4.69) is 10.2 Å². The molecule has 0 aliphatic carbocycles. The van der Waals surface area contributed by atoms with Crippen molar-refractivity contribution in [2.75, 3.05) is 32.8 Å². The highest BCUT2D eigenvalue weighted by Gasteiger charge is 2.11. The number of rotatable bonds is 7. The zero-order valence-corrected chi connectivity index (χ0v) is 14.0. The Morgan fingerprint density at radius 3 is 2.77 bits per heavy atom. The molecule has 1 saturated heterocycles. The molecule has 4 nitrogen and oxygen atoms in total. The monoisotopic (exact) mass is 324 g/mol. The van der Waals surface area contributed by atoms with E-state index in [4.69, 9.17) is 16.3 Å². The maximum atomic E-state index is 12.1. The Hall–Kier alpha value is -1.26. The summed E-state index contributed by atoms with van der Waals surface area (Å²) in [6, 6.07) is 5.15. The molecule has 0 radical (unpaired) electrons. The van der Waals surface area contributed by atoms with Crippen molar-refractivity contribution in [1.82, 2.24) is 10.2 Å². The minimum absolute atomic E-state index is 0.0800. The molecule has 0 unspecified atom stereocenters. The van der Waals surface area contributed by atoms with Crippen LogP contribution in [0.5, 0.6) is 5.75 Å². The number of ether oxygens (including phenoxy) is 1. The van der Waals surface area contributed by atoms with Gasteiger partial charge in [0.05, 0.1) is 11.6 Å². The van der Waals surface area contributed by atoms with Crippen molar-refractivity contribution in [2.45, 2.75) is 32.6 Å². The van der Waals surface area contributed by atoms with Crippen molar-refractivity contribution in [3.05, 3.63) is 28.8 Å². The molecule has 1 aliphatic heterocycles. The first-order valence-electron chi connectivity index (χ1n) is 8.13. The quantitative estimate of drug-likeness (QED) is 0.782. The molecule has 1 aromatic rings. The lowest BCUT2D eigenvalue weighted by Gasteiger charge is -2.26. The zero-order chi connectivity index (χ0) is 15.8. The summed E-state index contributed by atoms with van der Waals surface area (Å²) in [6.07, 6.45) is 4.94. The summed E-state index contributed by atoms with van der Waals surface area (Å²) in [7, 11) is 0. The largest absolute Gasteiger partial charge is 0.492 e. The molecule has 1 heterocycles. The first-order valence-corrected chi connectivity index (χ1v) is 8.51. The predicted octanol–water partition coefficient (Wildman–Crippen LogP) is 3.34. The summed E-state index contributed by atoms with van der Waals surface area (Å²) in [5.74, 6) is 0.536. The summed E-state index contributed by atoms with van der Waals surface area (Å²) < 4.78 is 5.37. The number of carbonyl (C=O) groups excluding carboxylic acids is 1. The highest BCUT2D eigenvalue weighted by atomic mass is 35.5. The van der Waals surface area contributed by atoms with E-state index < -0.39 is 0 Å². The van der Waals surface area contributed by atoms with Crippen molar-refractivity contribution >= 4 is 17.5 Å². The lowest BCUT2D eigenvalue weighted by Crippen LogP contribution is -2.33. The number of halogens is 1. The number of nitrogens with one attached hydrogen (secondary N) is 1. The number of piperidine rings is 1. The normalized spacial score (nSPS) is 15.5. The Labute approximate surface area is 137 Å². The van der Waals surface area contributed by atoms with Crippen molar-refractivity contribution in [3.8, 4) is 5.75 Å². The van der Waals surface area contributed by atoms with Crippen LogP contribution in [-0.2, 0) is 0 Å². The van der Waals surface area contributed by atoms with Gasteiger partial charge in [-0.1, -0.05) is 18.0 Å². The molecule has 22 heavy (non-hydrogen) atoms. The summed E-state index contributed by atoms with van der Waals surface area (Å²) in [6.45, 7) is 6.61. The highest BCUT2D eigenvalue weighted by molar-refractivity contribution is 6.32. The van der Waals surface area contributed by atoms with Gasteiger partial charge in [0.25, 0.3) is 5.91 Å². The van der Waals surface area contributed by atoms with E-state index >= 15 is 0 Å². The number of benzene rings is 1. The maximum absolute atomic E-state index is 12.1. The van der Waals surface area contributed by atoms with Crippen LogP contribution in [0.25, 0.3) is 0 Å². The summed E-state index contributed by atoms with van der Waals surface area (Å²) in [5, 5.41) is 3.43. The fourth-order valence-electron chi connectivity index (χ4n) is 2.70. The van der Waals surface area contributed by atoms with Gasteiger partial charge in [0, 0.05) is 12.1 Å². The molecule has 0 spiro atoms. The van der Waals surface area contributed by atoms with Crippen molar-refractivity contribution in [2.24, 2.45) is 0 Å². The average Bonchev–Trinajstić information content (AvgIpc) is 2.54. The third-order valence-electron chi connectivity index (χ3n) is 3.88. The van der Waals surface area contributed by atoms with Gasteiger partial charge < -0.3 is 15.0 Å². The van der Waals surface area contributed by atoms with Crippen molar-refractivity contribution in [1.29, 1.82) is 0 Å². The van der Waals surface area contributed by atoms with Crippen LogP contribution in [0.1, 0.15) is 43.0 Å². The third-order valence-corrected chi connectivity index (χ3v) is 4.17. The number of carbonyl (C=O) groups is 1. The molecule has 1 amide bonds. The van der Waals surface area contributed by atoms with E-state index in [0.29, 0.717) is 29.5 Å². The number of hydrogen-bond acceptors (Lipinski definition) is 3. The van der Waals surface area contributed by atoms with Gasteiger partial charge in [0.2, 0.25) is 0 Å².